The fourth-order valence-electron chi connectivity index (χ4n) is 3.68. The van der Waals surface area contributed by atoms with Gasteiger partial charge in [-0.05, 0) is 75.4 Å². The van der Waals surface area contributed by atoms with Crippen LogP contribution in [0.25, 0.3) is 0 Å². The molecule has 29 heavy (non-hydrogen) atoms. The largest absolute Gasteiger partial charge is 0.465 e. The second-order valence-electron chi connectivity index (χ2n) is 7.50. The molecule has 2 nitrogen and oxygen atoms in total. The standard InChI is InChI=1S/C24H33BrO2S2/c1-4-6-7-11-19-16-21(26-5-2)23(20-12-8-10-18(3)15-20)22(17-19)27-24(28)29-14-9-13-25/h5,15-17,20H,2,4,6-14H2,1,3H3. The first-order valence-corrected chi connectivity index (χ1v) is 13.1. The molecule has 0 saturated carbocycles. The van der Waals surface area contributed by atoms with Crippen molar-refractivity contribution in [2.24, 2.45) is 0 Å². The molecular weight excluding hydrogens is 464 g/mol. The molecule has 2 rings (SSSR count). The quantitative estimate of drug-likeness (QED) is 0.101. The van der Waals surface area contributed by atoms with Crippen molar-refractivity contribution in [3.63, 3.8) is 0 Å². The Kier molecular flexibility index (Phi) is 11.4. The molecule has 1 aromatic carbocycles. The zero-order valence-corrected chi connectivity index (χ0v) is 20.9. The number of unbranched alkanes of at least 4 members (excludes halogenated alkanes) is 2. The Bertz CT molecular complexity index is 715. The lowest BCUT2D eigenvalue weighted by Gasteiger charge is -2.25. The van der Waals surface area contributed by atoms with Crippen LogP contribution >= 0.6 is 39.9 Å². The Hall–Kier alpha value is -0.780. The fourth-order valence-corrected chi connectivity index (χ4v) is 5.28. The van der Waals surface area contributed by atoms with Gasteiger partial charge in [-0.1, -0.05) is 65.7 Å². The number of ether oxygens (including phenoxy) is 2. The van der Waals surface area contributed by atoms with Crippen molar-refractivity contribution >= 4 is 44.3 Å². The van der Waals surface area contributed by atoms with Crippen molar-refractivity contribution in [2.75, 3.05) is 11.1 Å². The second-order valence-corrected chi connectivity index (χ2v) is 9.99. The number of rotatable bonds is 11. The van der Waals surface area contributed by atoms with Crippen LogP contribution in [0.15, 0.2) is 36.6 Å². The lowest BCUT2D eigenvalue weighted by molar-refractivity contribution is 0.458. The van der Waals surface area contributed by atoms with Crippen molar-refractivity contribution in [1.82, 2.24) is 0 Å². The summed E-state index contributed by atoms with van der Waals surface area (Å²) in [6.45, 7) is 8.23. The normalized spacial score (nSPS) is 16.2. The minimum atomic E-state index is 0.286. The van der Waals surface area contributed by atoms with Crippen LogP contribution in [0.5, 0.6) is 11.5 Å². The molecule has 1 aromatic rings. The molecule has 0 radical (unpaired) electrons. The van der Waals surface area contributed by atoms with Crippen LogP contribution in [0, 0.1) is 0 Å². The van der Waals surface area contributed by atoms with Gasteiger partial charge in [0, 0.05) is 22.6 Å². The molecule has 0 N–H and O–H groups in total. The number of hydrogen-bond donors (Lipinski definition) is 0. The van der Waals surface area contributed by atoms with Crippen molar-refractivity contribution < 1.29 is 9.47 Å². The number of halogens is 1. The van der Waals surface area contributed by atoms with Crippen LogP contribution in [-0.4, -0.2) is 15.5 Å². The zero-order chi connectivity index (χ0) is 21.1. The van der Waals surface area contributed by atoms with E-state index in [0.717, 1.165) is 53.8 Å². The van der Waals surface area contributed by atoms with E-state index in [0.29, 0.717) is 4.38 Å². The predicted octanol–water partition coefficient (Wildman–Crippen LogP) is 8.34. The number of thioether (sulfide) groups is 1. The van der Waals surface area contributed by atoms with Gasteiger partial charge < -0.3 is 9.47 Å². The van der Waals surface area contributed by atoms with Crippen LogP contribution in [-0.2, 0) is 6.42 Å². The molecule has 0 saturated heterocycles. The Morgan fingerprint density at radius 1 is 1.31 bits per heavy atom. The lowest BCUT2D eigenvalue weighted by Crippen LogP contribution is -2.10. The number of alkyl halides is 1. The molecule has 1 atom stereocenters. The minimum Gasteiger partial charge on any atom is -0.465 e. The van der Waals surface area contributed by atoms with Gasteiger partial charge in [-0.15, -0.1) is 0 Å². The summed E-state index contributed by atoms with van der Waals surface area (Å²) in [5.41, 5.74) is 3.77. The number of benzene rings is 1. The van der Waals surface area contributed by atoms with Gasteiger partial charge in [-0.3, -0.25) is 0 Å². The average Bonchev–Trinajstić information content (AvgIpc) is 2.68. The number of hydrogen-bond acceptors (Lipinski definition) is 4. The first-order chi connectivity index (χ1) is 14.1. The van der Waals surface area contributed by atoms with Gasteiger partial charge in [0.15, 0.2) is 0 Å². The van der Waals surface area contributed by atoms with E-state index < -0.39 is 0 Å². The monoisotopic (exact) mass is 496 g/mol. The minimum absolute atomic E-state index is 0.286. The van der Waals surface area contributed by atoms with E-state index in [-0.39, 0.29) is 5.92 Å². The van der Waals surface area contributed by atoms with E-state index >= 15 is 0 Å². The molecule has 0 aromatic heterocycles. The van der Waals surface area contributed by atoms with Crippen molar-refractivity contribution in [2.45, 2.75) is 71.1 Å². The van der Waals surface area contributed by atoms with E-state index in [9.17, 15) is 0 Å². The van der Waals surface area contributed by atoms with Gasteiger partial charge in [0.2, 0.25) is 4.38 Å². The van der Waals surface area contributed by atoms with Gasteiger partial charge in [0.25, 0.3) is 0 Å². The SMILES string of the molecule is C=COc1cc(CCCCC)cc(OC(=S)SCCCBr)c1C1C=C(C)CCC1. The third-order valence-electron chi connectivity index (χ3n) is 5.08. The fraction of sp³-hybridized carbons (Fsp3) is 0.542. The molecule has 1 unspecified atom stereocenters. The average molecular weight is 498 g/mol. The van der Waals surface area contributed by atoms with Crippen molar-refractivity contribution in [3.05, 3.63) is 47.7 Å². The van der Waals surface area contributed by atoms with E-state index in [1.165, 1.54) is 43.1 Å². The highest BCUT2D eigenvalue weighted by molar-refractivity contribution is 9.09. The molecule has 0 amide bonds. The van der Waals surface area contributed by atoms with Crippen LogP contribution in [0.3, 0.4) is 0 Å². The molecule has 160 valence electrons. The lowest BCUT2D eigenvalue weighted by atomic mass is 9.84. The third-order valence-corrected chi connectivity index (χ3v) is 6.89. The molecule has 0 aliphatic heterocycles. The zero-order valence-electron chi connectivity index (χ0n) is 17.7. The van der Waals surface area contributed by atoms with E-state index in [2.05, 4.69) is 54.6 Å². The Balaban J connectivity index is 2.38. The third kappa shape index (κ3) is 8.10. The van der Waals surface area contributed by atoms with Crippen LogP contribution in [0.2, 0.25) is 0 Å². The number of aryl methyl sites for hydroxylation is 1. The van der Waals surface area contributed by atoms with Crippen LogP contribution in [0.1, 0.15) is 75.8 Å². The highest BCUT2D eigenvalue weighted by Crippen LogP contribution is 2.43. The van der Waals surface area contributed by atoms with Crippen LogP contribution < -0.4 is 9.47 Å². The van der Waals surface area contributed by atoms with Gasteiger partial charge in [-0.25, -0.2) is 0 Å². The molecule has 0 bridgehead atoms. The molecule has 0 fully saturated rings. The summed E-state index contributed by atoms with van der Waals surface area (Å²) in [7, 11) is 0. The molecular formula is C24H33BrO2S2. The van der Waals surface area contributed by atoms with Gasteiger partial charge in [0.1, 0.15) is 11.5 Å². The van der Waals surface area contributed by atoms with Crippen molar-refractivity contribution in [3.8, 4) is 11.5 Å². The van der Waals surface area contributed by atoms with E-state index in [1.807, 2.05) is 0 Å². The summed E-state index contributed by atoms with van der Waals surface area (Å²) in [5.74, 6) is 2.94. The maximum Gasteiger partial charge on any atom is 0.225 e. The Morgan fingerprint density at radius 2 is 2.10 bits per heavy atom. The number of thiocarbonyl (C=S) groups is 1. The van der Waals surface area contributed by atoms with Crippen LogP contribution in [0.4, 0.5) is 0 Å². The van der Waals surface area contributed by atoms with Gasteiger partial charge in [0.05, 0.1) is 6.26 Å². The molecule has 1 aliphatic rings. The first-order valence-electron chi connectivity index (χ1n) is 10.6. The summed E-state index contributed by atoms with van der Waals surface area (Å²) < 4.78 is 12.7. The highest BCUT2D eigenvalue weighted by atomic mass is 79.9. The number of allylic oxidation sites excluding steroid dienone is 2. The molecule has 0 spiro atoms. The Morgan fingerprint density at radius 3 is 2.79 bits per heavy atom. The van der Waals surface area contributed by atoms with E-state index in [1.54, 1.807) is 11.8 Å². The second kappa shape index (κ2) is 13.5. The summed E-state index contributed by atoms with van der Waals surface area (Å²) in [6, 6.07) is 4.34. The Labute approximate surface area is 194 Å². The summed E-state index contributed by atoms with van der Waals surface area (Å²) in [4.78, 5) is 0. The van der Waals surface area contributed by atoms with Gasteiger partial charge in [-0.2, -0.15) is 0 Å². The maximum atomic E-state index is 6.25. The summed E-state index contributed by atoms with van der Waals surface area (Å²) >= 11 is 10.6. The van der Waals surface area contributed by atoms with E-state index in [4.69, 9.17) is 21.7 Å². The summed E-state index contributed by atoms with van der Waals surface area (Å²) in [6.07, 6.45) is 13.0. The first kappa shape index (κ1) is 24.5. The molecule has 1 aliphatic carbocycles. The summed E-state index contributed by atoms with van der Waals surface area (Å²) in [5, 5.41) is 0.976. The van der Waals surface area contributed by atoms with Gasteiger partial charge >= 0.3 is 0 Å². The predicted molar refractivity (Wildman–Crippen MR) is 135 cm³/mol. The highest BCUT2D eigenvalue weighted by Gasteiger charge is 2.24. The molecule has 0 heterocycles. The smallest absolute Gasteiger partial charge is 0.225 e. The molecule has 5 heteroatoms. The topological polar surface area (TPSA) is 18.5 Å². The van der Waals surface area contributed by atoms with Crippen molar-refractivity contribution in [1.29, 1.82) is 0 Å². The maximum absolute atomic E-state index is 6.25.